The van der Waals surface area contributed by atoms with Crippen molar-refractivity contribution < 1.29 is 41.9 Å². The Kier molecular flexibility index (Phi) is 21.1. The third kappa shape index (κ3) is 15.6. The van der Waals surface area contributed by atoms with Gasteiger partial charge in [-0.15, -0.1) is 15.3 Å². The van der Waals surface area contributed by atoms with Crippen molar-refractivity contribution in [3.05, 3.63) is 212 Å². The number of piperidine rings is 3. The minimum atomic E-state index is -0.299. The van der Waals surface area contributed by atoms with Gasteiger partial charge in [0.25, 0.3) is 0 Å². The Balaban J connectivity index is 0.000000131. The molecule has 26 heteroatoms. The van der Waals surface area contributed by atoms with E-state index in [1.807, 2.05) is 36.4 Å². The molecule has 3 aromatic carbocycles. The molecule has 6 unspecified atom stereocenters. The second kappa shape index (κ2) is 30.7. The fourth-order valence-electron chi connectivity index (χ4n) is 15.2. The molecule has 510 valence electrons. The van der Waals surface area contributed by atoms with Gasteiger partial charge in [0, 0.05) is 84.6 Å². The molecule has 0 radical (unpaired) electrons. The molecule has 6 atom stereocenters. The largest absolute Gasteiger partial charge is 0.399 e. The minimum Gasteiger partial charge on any atom is -0.399 e. The molecular formula is C71H81F3N14O9. The molecule has 0 amide bonds. The first-order chi connectivity index (χ1) is 47.3. The quantitative estimate of drug-likeness (QED) is 0.0437. The molecule has 6 saturated heterocycles. The minimum absolute atomic E-state index is 0.0202. The van der Waals surface area contributed by atoms with Crippen molar-refractivity contribution in [2.45, 2.75) is 171 Å². The first-order valence-corrected chi connectivity index (χ1v) is 33.5. The van der Waals surface area contributed by atoms with Gasteiger partial charge in [-0.1, -0.05) is 83.1 Å². The molecule has 0 spiro atoms. The van der Waals surface area contributed by atoms with Crippen molar-refractivity contribution in [3.63, 3.8) is 0 Å². The van der Waals surface area contributed by atoms with Crippen molar-refractivity contribution in [2.24, 2.45) is 10.3 Å². The van der Waals surface area contributed by atoms with Gasteiger partial charge in [-0.25, -0.2) is 41.6 Å². The van der Waals surface area contributed by atoms with E-state index < -0.39 is 0 Å². The Morgan fingerprint density at radius 2 is 0.691 bits per heavy atom. The van der Waals surface area contributed by atoms with Crippen LogP contribution in [0.3, 0.4) is 0 Å². The van der Waals surface area contributed by atoms with Crippen LogP contribution < -0.4 is 17.1 Å². The highest BCUT2D eigenvalue weighted by Gasteiger charge is 2.44. The summed E-state index contributed by atoms with van der Waals surface area (Å²) in [7, 11) is 3.04. The molecule has 6 bridgehead atoms. The van der Waals surface area contributed by atoms with E-state index in [4.69, 9.17) is 23.9 Å². The van der Waals surface area contributed by atoms with Crippen molar-refractivity contribution in [3.8, 4) is 0 Å². The molecule has 6 aliphatic rings. The third-order valence-corrected chi connectivity index (χ3v) is 19.8. The predicted molar refractivity (Wildman–Crippen MR) is 355 cm³/mol. The maximum absolute atomic E-state index is 13.9. The molecule has 0 saturated carbocycles. The summed E-state index contributed by atoms with van der Waals surface area (Å²) in [5.41, 5.74) is 4.33. The van der Waals surface area contributed by atoms with Gasteiger partial charge in [-0.2, -0.15) is 0 Å². The molecule has 6 aromatic heterocycles. The third-order valence-electron chi connectivity index (χ3n) is 19.8. The van der Waals surface area contributed by atoms with Gasteiger partial charge in [0.1, 0.15) is 38.2 Å². The fraction of sp³-hybridized carbons (Fsp3) is 0.451. The van der Waals surface area contributed by atoms with E-state index in [0.29, 0.717) is 90.6 Å². The van der Waals surface area contributed by atoms with Gasteiger partial charge in [0.2, 0.25) is 0 Å². The lowest BCUT2D eigenvalue weighted by Gasteiger charge is -2.38. The Morgan fingerprint density at radius 1 is 0.402 bits per heavy atom. The summed E-state index contributed by atoms with van der Waals surface area (Å²) in [5, 5.41) is 21.5. The van der Waals surface area contributed by atoms with Crippen molar-refractivity contribution in [1.82, 2.24) is 57.2 Å². The average Bonchev–Trinajstić information content (AvgIpc) is 1.70. The number of nitrogens with zero attached hydrogens (tertiary/aromatic N) is 14. The number of hydrogen-bond donors (Lipinski definition) is 0. The van der Waals surface area contributed by atoms with E-state index in [1.54, 1.807) is 91.4 Å². The molecule has 15 rings (SSSR count). The number of fused-ring (bicyclic) bond motifs is 9. The number of ketones is 1. The van der Waals surface area contributed by atoms with Gasteiger partial charge >= 0.3 is 17.1 Å². The zero-order chi connectivity index (χ0) is 66.9. The number of Topliss-reactive ketones (excluding diaryl/α,β-unsaturated/α-hetero) is 1. The summed E-state index contributed by atoms with van der Waals surface area (Å²) < 4.78 is 68.5. The molecule has 23 nitrogen and oxygen atoms in total. The van der Waals surface area contributed by atoms with Crippen LogP contribution in [0.1, 0.15) is 93.7 Å². The molecule has 9 aromatic rings. The number of hydrogen-bond acceptors (Lipinski definition) is 17. The number of ether oxygens (including phenoxy) is 3. The van der Waals surface area contributed by atoms with Gasteiger partial charge < -0.3 is 23.9 Å². The van der Waals surface area contributed by atoms with Crippen LogP contribution in [0.2, 0.25) is 0 Å². The van der Waals surface area contributed by atoms with Crippen LogP contribution >= 0.6 is 0 Å². The Labute approximate surface area is 557 Å². The number of halogens is 3. The van der Waals surface area contributed by atoms with Crippen LogP contribution in [0.25, 0.3) is 16.9 Å². The molecule has 6 aliphatic heterocycles. The number of oxime groups is 2. The smallest absolute Gasteiger partial charge is 0.350 e. The van der Waals surface area contributed by atoms with Crippen LogP contribution in [0.15, 0.2) is 171 Å². The van der Waals surface area contributed by atoms with Gasteiger partial charge in [-0.05, 0) is 132 Å². The Morgan fingerprint density at radius 3 is 0.990 bits per heavy atom. The highest BCUT2D eigenvalue weighted by molar-refractivity contribution is 5.86. The van der Waals surface area contributed by atoms with E-state index >= 15 is 0 Å². The molecule has 6 fully saturated rings. The maximum Gasteiger partial charge on any atom is 0.350 e. The number of rotatable bonds is 23. The van der Waals surface area contributed by atoms with Crippen LogP contribution in [0, 0.1) is 17.5 Å². The zero-order valence-electron chi connectivity index (χ0n) is 54.5. The standard InChI is InChI=1S/2C24H28FN5O3.C23H25FN4O3/c2*1-32-27-18(15-30-24(31)28-11-5-4-8-23(28)26-30)14-29-19-9-10-20(29)13-21(12-19)33-16-17-6-2-3-7-22(17)25;24-21-6-2-1-5-16(21)15-31-20-11-17-8-9-18(12-20)27(17)13-19(29)14-28-23(30)26-10-4-3-7-22(26)25-28/h2*2-8,11,19-21H,9-10,12-16H2,1H3;1-7,10,17-18,20H,8-9,11-15H2/b27-18+;27-18-;. The molecular weight excluding hydrogens is 1250 g/mol. The predicted octanol–water partition coefficient (Wildman–Crippen LogP) is 8.12. The summed E-state index contributed by atoms with van der Waals surface area (Å²) in [4.78, 5) is 67.8. The van der Waals surface area contributed by atoms with Gasteiger partial charge in [0.05, 0.1) is 69.2 Å². The summed E-state index contributed by atoms with van der Waals surface area (Å²) in [6, 6.07) is 38.5. The summed E-state index contributed by atoms with van der Waals surface area (Å²) in [6.07, 6.45) is 17.1. The van der Waals surface area contributed by atoms with Crippen LogP contribution in [0.4, 0.5) is 13.2 Å². The SMILES string of the molecule is CO/N=C(/CN1C2CCC1CC(OCc1ccccc1F)C2)Cn1nc2ccccn2c1=O.CO/N=C(\CN1C2CCC1CC(OCc1ccccc1F)C2)Cn1nc2ccccn2c1=O.O=C(CN1C2CCC1CC(OCc1ccccc1F)C2)Cn1nc2ccccn2c1=O. The number of carbonyl (C=O) groups is 1. The topological polar surface area (TPSA) is 216 Å². The maximum atomic E-state index is 13.9. The molecule has 0 N–H and O–H groups in total. The molecule has 97 heavy (non-hydrogen) atoms. The fourth-order valence-corrected chi connectivity index (χ4v) is 15.2. The Bertz CT molecular complexity index is 4220. The number of benzene rings is 3. The van der Waals surface area contributed by atoms with E-state index in [0.717, 1.165) is 88.5 Å². The van der Waals surface area contributed by atoms with E-state index in [9.17, 15) is 32.3 Å². The van der Waals surface area contributed by atoms with Crippen molar-refractivity contribution in [1.29, 1.82) is 0 Å². The van der Waals surface area contributed by atoms with Crippen LogP contribution in [0.5, 0.6) is 0 Å². The normalized spacial score (nSPS) is 23.4. The number of pyridine rings is 3. The summed E-state index contributed by atoms with van der Waals surface area (Å²) in [6.45, 7) is 2.93. The summed E-state index contributed by atoms with van der Waals surface area (Å²) in [5.74, 6) is -0.704. The van der Waals surface area contributed by atoms with E-state index in [2.05, 4.69) is 40.3 Å². The van der Waals surface area contributed by atoms with Crippen molar-refractivity contribution >= 4 is 34.1 Å². The molecule has 0 aliphatic carbocycles. The monoisotopic (exact) mass is 1330 g/mol. The van der Waals surface area contributed by atoms with Crippen molar-refractivity contribution in [2.75, 3.05) is 33.9 Å². The second-order valence-corrected chi connectivity index (χ2v) is 26.0. The van der Waals surface area contributed by atoms with Gasteiger partial charge in [0.15, 0.2) is 22.7 Å². The summed E-state index contributed by atoms with van der Waals surface area (Å²) >= 11 is 0. The highest BCUT2D eigenvalue weighted by atomic mass is 19.1. The van der Waals surface area contributed by atoms with E-state index in [-0.39, 0.29) is 96.9 Å². The van der Waals surface area contributed by atoms with Crippen LogP contribution in [-0.4, -0.2) is 163 Å². The lowest BCUT2D eigenvalue weighted by Crippen LogP contribution is -2.48. The first kappa shape index (κ1) is 66.7. The zero-order valence-corrected chi connectivity index (χ0v) is 54.5. The lowest BCUT2D eigenvalue weighted by atomic mass is 9.99. The highest BCUT2D eigenvalue weighted by Crippen LogP contribution is 2.40. The lowest BCUT2D eigenvalue weighted by molar-refractivity contribution is -0.123. The van der Waals surface area contributed by atoms with Crippen LogP contribution in [-0.2, 0) is 68.1 Å². The Hall–Kier alpha value is -8.92. The average molecular weight is 1330 g/mol. The second-order valence-electron chi connectivity index (χ2n) is 26.0. The molecule has 12 heterocycles. The van der Waals surface area contributed by atoms with Gasteiger partial charge in [-0.3, -0.25) is 32.7 Å². The number of carbonyl (C=O) groups excluding carboxylic acids is 1. The number of aromatic nitrogens is 9. The van der Waals surface area contributed by atoms with E-state index in [1.165, 1.54) is 59.7 Å². The first-order valence-electron chi connectivity index (χ1n) is 33.5.